The molecule has 3 rings (SSSR count). The number of rotatable bonds is 5. The van der Waals surface area contributed by atoms with Gasteiger partial charge in [0.2, 0.25) is 0 Å². The van der Waals surface area contributed by atoms with Crippen LogP contribution in [0.1, 0.15) is 62.2 Å². The summed E-state index contributed by atoms with van der Waals surface area (Å²) in [5, 5.41) is 6.66. The zero-order chi connectivity index (χ0) is 14.7. The third-order valence-electron chi connectivity index (χ3n) is 4.79. The highest BCUT2D eigenvalue weighted by atomic mass is 16.1. The van der Waals surface area contributed by atoms with Crippen molar-refractivity contribution in [3.8, 4) is 0 Å². The Hall–Kier alpha value is -1.51. The van der Waals surface area contributed by atoms with Crippen LogP contribution in [0.25, 0.3) is 0 Å². The molecule has 114 valence electrons. The fourth-order valence-corrected chi connectivity index (χ4v) is 3.24. The largest absolute Gasteiger partial charge is 0.382 e. The predicted octanol–water partition coefficient (Wildman–Crippen LogP) is 3.96. The minimum absolute atomic E-state index is 0.0627. The average Bonchev–Trinajstić information content (AvgIpc) is 3.32. The standard InChI is InChI=1S/C18H26N2O/c1-2-13-4-3-5-17(12-13)19-15-8-6-14(7-9-15)18(21)20-16-10-11-16/h6-9,13,16-17,19H,2-5,10-12H2,1H3,(H,20,21). The van der Waals surface area contributed by atoms with Crippen LogP contribution in [-0.2, 0) is 0 Å². The zero-order valence-corrected chi connectivity index (χ0v) is 12.9. The van der Waals surface area contributed by atoms with Gasteiger partial charge in [-0.25, -0.2) is 0 Å². The van der Waals surface area contributed by atoms with Crippen molar-refractivity contribution < 1.29 is 4.79 Å². The van der Waals surface area contributed by atoms with Crippen LogP contribution in [0, 0.1) is 5.92 Å². The van der Waals surface area contributed by atoms with Crippen molar-refractivity contribution in [1.29, 1.82) is 0 Å². The molecule has 0 saturated heterocycles. The van der Waals surface area contributed by atoms with Gasteiger partial charge in [-0.3, -0.25) is 4.79 Å². The van der Waals surface area contributed by atoms with E-state index < -0.39 is 0 Å². The molecular formula is C18H26N2O. The maximum Gasteiger partial charge on any atom is 0.251 e. The number of carbonyl (C=O) groups is 1. The van der Waals surface area contributed by atoms with Gasteiger partial charge >= 0.3 is 0 Å². The Morgan fingerprint density at radius 3 is 2.52 bits per heavy atom. The van der Waals surface area contributed by atoms with Crippen LogP contribution in [0.4, 0.5) is 5.69 Å². The van der Waals surface area contributed by atoms with Crippen molar-refractivity contribution in [2.75, 3.05) is 5.32 Å². The summed E-state index contributed by atoms with van der Waals surface area (Å²) in [6.45, 7) is 2.29. The van der Waals surface area contributed by atoms with Crippen molar-refractivity contribution in [2.45, 2.75) is 64.0 Å². The Labute approximate surface area is 127 Å². The molecule has 0 aliphatic heterocycles. The number of anilines is 1. The SMILES string of the molecule is CCC1CCCC(Nc2ccc(C(=O)NC3CC3)cc2)C1. The van der Waals surface area contributed by atoms with Crippen LogP contribution in [-0.4, -0.2) is 18.0 Å². The quantitative estimate of drug-likeness (QED) is 0.860. The third kappa shape index (κ3) is 3.99. The summed E-state index contributed by atoms with van der Waals surface area (Å²) >= 11 is 0. The summed E-state index contributed by atoms with van der Waals surface area (Å²) in [5.74, 6) is 0.938. The average molecular weight is 286 g/mol. The van der Waals surface area contributed by atoms with Crippen molar-refractivity contribution in [2.24, 2.45) is 5.92 Å². The summed E-state index contributed by atoms with van der Waals surface area (Å²) in [7, 11) is 0. The molecule has 2 atom stereocenters. The Balaban J connectivity index is 1.55. The molecule has 3 nitrogen and oxygen atoms in total. The lowest BCUT2D eigenvalue weighted by Gasteiger charge is -2.29. The second-order valence-electron chi connectivity index (χ2n) is 6.61. The van der Waals surface area contributed by atoms with E-state index >= 15 is 0 Å². The van der Waals surface area contributed by atoms with E-state index in [9.17, 15) is 4.79 Å². The van der Waals surface area contributed by atoms with Crippen LogP contribution in [0.5, 0.6) is 0 Å². The van der Waals surface area contributed by atoms with Gasteiger partial charge in [0.1, 0.15) is 0 Å². The smallest absolute Gasteiger partial charge is 0.251 e. The molecule has 0 radical (unpaired) electrons. The fourth-order valence-electron chi connectivity index (χ4n) is 3.24. The molecule has 2 fully saturated rings. The first-order valence-corrected chi connectivity index (χ1v) is 8.42. The summed E-state index contributed by atoms with van der Waals surface area (Å²) in [4.78, 5) is 11.9. The minimum Gasteiger partial charge on any atom is -0.382 e. The van der Waals surface area contributed by atoms with Gasteiger partial charge in [0.25, 0.3) is 5.91 Å². The van der Waals surface area contributed by atoms with E-state index in [1.54, 1.807) is 0 Å². The zero-order valence-electron chi connectivity index (χ0n) is 12.9. The van der Waals surface area contributed by atoms with Gasteiger partial charge in [0.15, 0.2) is 0 Å². The number of hydrogen-bond donors (Lipinski definition) is 2. The van der Waals surface area contributed by atoms with E-state index in [-0.39, 0.29) is 5.91 Å². The Kier molecular flexibility index (Phi) is 4.47. The maximum absolute atomic E-state index is 11.9. The van der Waals surface area contributed by atoms with Crippen molar-refractivity contribution in [3.05, 3.63) is 29.8 Å². The lowest BCUT2D eigenvalue weighted by atomic mass is 9.84. The van der Waals surface area contributed by atoms with E-state index in [0.29, 0.717) is 12.1 Å². The van der Waals surface area contributed by atoms with Gasteiger partial charge in [0, 0.05) is 23.3 Å². The molecule has 2 aliphatic carbocycles. The third-order valence-corrected chi connectivity index (χ3v) is 4.79. The highest BCUT2D eigenvalue weighted by molar-refractivity contribution is 5.94. The molecule has 21 heavy (non-hydrogen) atoms. The fraction of sp³-hybridized carbons (Fsp3) is 0.611. The van der Waals surface area contributed by atoms with Gasteiger partial charge in [0.05, 0.1) is 0 Å². The summed E-state index contributed by atoms with van der Waals surface area (Å²) in [5.41, 5.74) is 1.90. The number of nitrogens with one attached hydrogen (secondary N) is 2. The topological polar surface area (TPSA) is 41.1 Å². The molecule has 2 unspecified atom stereocenters. The lowest BCUT2D eigenvalue weighted by molar-refractivity contribution is 0.0951. The monoisotopic (exact) mass is 286 g/mol. The van der Waals surface area contributed by atoms with Gasteiger partial charge in [-0.05, 0) is 55.9 Å². The van der Waals surface area contributed by atoms with Gasteiger partial charge in [-0.15, -0.1) is 0 Å². The number of benzene rings is 1. The van der Waals surface area contributed by atoms with Crippen LogP contribution in [0.2, 0.25) is 0 Å². The molecule has 3 heteroatoms. The second kappa shape index (κ2) is 6.50. The minimum atomic E-state index is 0.0627. The maximum atomic E-state index is 11.9. The molecule has 2 saturated carbocycles. The van der Waals surface area contributed by atoms with E-state index in [1.165, 1.54) is 32.1 Å². The second-order valence-corrected chi connectivity index (χ2v) is 6.61. The first-order chi connectivity index (χ1) is 10.2. The van der Waals surface area contributed by atoms with Crippen molar-refractivity contribution in [1.82, 2.24) is 5.32 Å². The number of carbonyl (C=O) groups excluding carboxylic acids is 1. The lowest BCUT2D eigenvalue weighted by Crippen LogP contribution is -2.27. The summed E-state index contributed by atoms with van der Waals surface area (Å²) in [6, 6.07) is 8.95. The Bertz CT molecular complexity index is 478. The number of hydrogen-bond acceptors (Lipinski definition) is 2. The van der Waals surface area contributed by atoms with E-state index in [2.05, 4.69) is 17.6 Å². The van der Waals surface area contributed by atoms with E-state index in [1.807, 2.05) is 24.3 Å². The van der Waals surface area contributed by atoms with Crippen molar-refractivity contribution >= 4 is 11.6 Å². The molecule has 0 bridgehead atoms. The molecule has 2 N–H and O–H groups in total. The first-order valence-electron chi connectivity index (χ1n) is 8.42. The molecule has 1 aromatic rings. The Morgan fingerprint density at radius 2 is 1.86 bits per heavy atom. The summed E-state index contributed by atoms with van der Waals surface area (Å²) < 4.78 is 0. The normalized spacial score (nSPS) is 25.4. The van der Waals surface area contributed by atoms with Gasteiger partial charge in [-0.2, -0.15) is 0 Å². The number of amides is 1. The van der Waals surface area contributed by atoms with Crippen LogP contribution in [0.3, 0.4) is 0 Å². The van der Waals surface area contributed by atoms with Gasteiger partial charge in [-0.1, -0.05) is 26.2 Å². The molecule has 0 heterocycles. The van der Waals surface area contributed by atoms with Crippen LogP contribution in [0.15, 0.2) is 24.3 Å². The van der Waals surface area contributed by atoms with Gasteiger partial charge < -0.3 is 10.6 Å². The molecule has 0 aromatic heterocycles. The molecule has 2 aliphatic rings. The predicted molar refractivity (Wildman–Crippen MR) is 86.6 cm³/mol. The highest BCUT2D eigenvalue weighted by Crippen LogP contribution is 2.28. The molecule has 1 aromatic carbocycles. The van der Waals surface area contributed by atoms with Crippen LogP contribution < -0.4 is 10.6 Å². The molecule has 1 amide bonds. The van der Waals surface area contributed by atoms with Crippen molar-refractivity contribution in [3.63, 3.8) is 0 Å². The van der Waals surface area contributed by atoms with E-state index in [4.69, 9.17) is 0 Å². The molecular weight excluding hydrogens is 260 g/mol. The van der Waals surface area contributed by atoms with E-state index in [0.717, 1.165) is 30.0 Å². The van der Waals surface area contributed by atoms with Crippen LogP contribution >= 0.6 is 0 Å². The Morgan fingerprint density at radius 1 is 1.10 bits per heavy atom. The molecule has 0 spiro atoms. The highest BCUT2D eigenvalue weighted by Gasteiger charge is 2.24. The first kappa shape index (κ1) is 14.4. The summed E-state index contributed by atoms with van der Waals surface area (Å²) in [6.07, 6.45) is 8.81.